The van der Waals surface area contributed by atoms with Gasteiger partial charge >= 0.3 is 0 Å². The number of carbonyl (C=O) groups excluding carboxylic acids is 2. The van der Waals surface area contributed by atoms with E-state index in [9.17, 15) is 14.7 Å². The standard InChI is InChI=1S/C23H28N2O5/c1-2-18-23(28)25(14-21(26)24-16-7-4-3-5-8-16)17-13-15(10-11-19(17)30-18)22(27)20-9-6-12-29-20/h6,9-13,16,18,22,27H,2-5,7-8,14H2,1H3,(H,24,26)/t18-,22-/m1/s1. The average molecular weight is 412 g/mol. The zero-order chi connectivity index (χ0) is 21.1. The first-order valence-corrected chi connectivity index (χ1v) is 10.7. The molecule has 1 aliphatic carbocycles. The molecule has 2 aliphatic rings. The van der Waals surface area contributed by atoms with Crippen molar-refractivity contribution in [2.24, 2.45) is 0 Å². The van der Waals surface area contributed by atoms with Gasteiger partial charge in [-0.3, -0.25) is 14.5 Å². The second-order valence-corrected chi connectivity index (χ2v) is 7.99. The van der Waals surface area contributed by atoms with Crippen molar-refractivity contribution < 1.29 is 23.8 Å². The van der Waals surface area contributed by atoms with Gasteiger partial charge in [-0.2, -0.15) is 0 Å². The third-order valence-electron chi connectivity index (χ3n) is 5.86. The first-order chi connectivity index (χ1) is 14.6. The molecule has 7 heteroatoms. The molecule has 0 radical (unpaired) electrons. The Morgan fingerprint density at radius 2 is 2.07 bits per heavy atom. The Morgan fingerprint density at radius 3 is 2.77 bits per heavy atom. The van der Waals surface area contributed by atoms with E-state index in [1.165, 1.54) is 17.6 Å². The van der Waals surface area contributed by atoms with Crippen molar-refractivity contribution in [1.82, 2.24) is 5.32 Å². The Kier molecular flexibility index (Phi) is 6.08. The van der Waals surface area contributed by atoms with Crippen LogP contribution in [-0.2, 0) is 9.59 Å². The molecular formula is C23H28N2O5. The first-order valence-electron chi connectivity index (χ1n) is 10.7. The topological polar surface area (TPSA) is 92.0 Å². The number of aliphatic hydroxyl groups is 1. The van der Waals surface area contributed by atoms with Gasteiger partial charge in [-0.25, -0.2) is 0 Å². The molecule has 1 fully saturated rings. The van der Waals surface area contributed by atoms with Gasteiger partial charge in [-0.05, 0) is 49.1 Å². The van der Waals surface area contributed by atoms with Gasteiger partial charge < -0.3 is 19.6 Å². The monoisotopic (exact) mass is 412 g/mol. The third kappa shape index (κ3) is 4.21. The number of hydrogen-bond donors (Lipinski definition) is 2. The van der Waals surface area contributed by atoms with Crippen molar-refractivity contribution in [3.63, 3.8) is 0 Å². The SMILES string of the molecule is CC[C@H]1Oc2ccc([C@@H](O)c3ccco3)cc2N(CC(=O)NC2CCCCC2)C1=O. The van der Waals surface area contributed by atoms with Crippen LogP contribution in [0.2, 0.25) is 0 Å². The van der Waals surface area contributed by atoms with Crippen molar-refractivity contribution in [1.29, 1.82) is 0 Å². The highest BCUT2D eigenvalue weighted by Gasteiger charge is 2.35. The molecule has 0 spiro atoms. The Labute approximate surface area is 176 Å². The van der Waals surface area contributed by atoms with E-state index < -0.39 is 12.2 Å². The zero-order valence-corrected chi connectivity index (χ0v) is 17.2. The number of benzene rings is 1. The third-order valence-corrected chi connectivity index (χ3v) is 5.86. The molecule has 2 heterocycles. The first kappa shape index (κ1) is 20.5. The minimum atomic E-state index is -0.970. The number of carbonyl (C=O) groups is 2. The lowest BCUT2D eigenvalue weighted by atomic mass is 9.95. The summed E-state index contributed by atoms with van der Waals surface area (Å²) in [6.07, 6.45) is 5.83. The van der Waals surface area contributed by atoms with Gasteiger partial charge in [0.15, 0.2) is 6.10 Å². The van der Waals surface area contributed by atoms with Crippen molar-refractivity contribution in [3.8, 4) is 5.75 Å². The number of rotatable bonds is 6. The molecule has 1 saturated carbocycles. The Morgan fingerprint density at radius 1 is 1.27 bits per heavy atom. The summed E-state index contributed by atoms with van der Waals surface area (Å²) in [7, 11) is 0. The number of ether oxygens (including phenoxy) is 1. The predicted molar refractivity (Wildman–Crippen MR) is 111 cm³/mol. The van der Waals surface area contributed by atoms with Crippen LogP contribution in [0.15, 0.2) is 41.0 Å². The Bertz CT molecular complexity index is 889. The van der Waals surface area contributed by atoms with Crippen LogP contribution in [0.3, 0.4) is 0 Å². The molecule has 0 unspecified atom stereocenters. The molecule has 30 heavy (non-hydrogen) atoms. The molecule has 4 rings (SSSR count). The van der Waals surface area contributed by atoms with E-state index in [-0.39, 0.29) is 24.4 Å². The van der Waals surface area contributed by atoms with Crippen LogP contribution in [-0.4, -0.2) is 35.6 Å². The molecule has 1 aromatic heterocycles. The van der Waals surface area contributed by atoms with Gasteiger partial charge in [-0.1, -0.05) is 32.3 Å². The maximum atomic E-state index is 13.0. The number of amides is 2. The number of furan rings is 1. The van der Waals surface area contributed by atoms with Crippen molar-refractivity contribution >= 4 is 17.5 Å². The summed E-state index contributed by atoms with van der Waals surface area (Å²) in [6.45, 7) is 1.81. The van der Waals surface area contributed by atoms with Gasteiger partial charge in [0.1, 0.15) is 24.2 Å². The fourth-order valence-electron chi connectivity index (χ4n) is 4.21. The van der Waals surface area contributed by atoms with Crippen LogP contribution in [0.5, 0.6) is 5.75 Å². The number of nitrogens with zero attached hydrogens (tertiary/aromatic N) is 1. The number of fused-ring (bicyclic) bond motifs is 1. The lowest BCUT2D eigenvalue weighted by molar-refractivity contribution is -0.129. The van der Waals surface area contributed by atoms with E-state index in [0.717, 1.165) is 25.7 Å². The summed E-state index contributed by atoms with van der Waals surface area (Å²) in [6, 6.07) is 8.74. The molecule has 2 atom stereocenters. The lowest BCUT2D eigenvalue weighted by Gasteiger charge is -2.34. The highest BCUT2D eigenvalue weighted by molar-refractivity contribution is 6.04. The van der Waals surface area contributed by atoms with Crippen molar-refractivity contribution in [2.45, 2.75) is 63.7 Å². The summed E-state index contributed by atoms with van der Waals surface area (Å²) in [5.41, 5.74) is 1.05. The number of nitrogens with one attached hydrogen (secondary N) is 1. The summed E-state index contributed by atoms with van der Waals surface area (Å²) < 4.78 is 11.2. The minimum Gasteiger partial charge on any atom is -0.478 e. The highest BCUT2D eigenvalue weighted by Crippen LogP contribution is 2.38. The maximum Gasteiger partial charge on any atom is 0.268 e. The normalized spacial score (nSPS) is 20.4. The van der Waals surface area contributed by atoms with Crippen LogP contribution >= 0.6 is 0 Å². The van der Waals surface area contributed by atoms with Crippen LogP contribution < -0.4 is 15.0 Å². The van der Waals surface area contributed by atoms with E-state index in [1.807, 2.05) is 6.92 Å². The summed E-state index contributed by atoms with van der Waals surface area (Å²) in [4.78, 5) is 27.2. The molecule has 2 aromatic rings. The van der Waals surface area contributed by atoms with Crippen LogP contribution in [0.25, 0.3) is 0 Å². The molecule has 7 nitrogen and oxygen atoms in total. The Balaban J connectivity index is 1.58. The van der Waals surface area contributed by atoms with E-state index in [1.54, 1.807) is 30.3 Å². The van der Waals surface area contributed by atoms with Gasteiger partial charge in [0, 0.05) is 6.04 Å². The van der Waals surface area contributed by atoms with E-state index in [0.29, 0.717) is 29.2 Å². The summed E-state index contributed by atoms with van der Waals surface area (Å²) in [5.74, 6) is 0.525. The molecule has 1 aromatic carbocycles. The molecular weight excluding hydrogens is 384 g/mol. The summed E-state index contributed by atoms with van der Waals surface area (Å²) in [5, 5.41) is 13.7. The fraction of sp³-hybridized carbons (Fsp3) is 0.478. The summed E-state index contributed by atoms with van der Waals surface area (Å²) >= 11 is 0. The molecule has 2 amide bonds. The second-order valence-electron chi connectivity index (χ2n) is 7.99. The molecule has 160 valence electrons. The van der Waals surface area contributed by atoms with Crippen molar-refractivity contribution in [3.05, 3.63) is 47.9 Å². The molecule has 0 saturated heterocycles. The fourth-order valence-corrected chi connectivity index (χ4v) is 4.21. The lowest BCUT2D eigenvalue weighted by Crippen LogP contribution is -2.51. The quantitative estimate of drug-likeness (QED) is 0.759. The Hall–Kier alpha value is -2.80. The average Bonchev–Trinajstić information content (AvgIpc) is 3.30. The zero-order valence-electron chi connectivity index (χ0n) is 17.2. The van der Waals surface area contributed by atoms with Crippen LogP contribution in [0.4, 0.5) is 5.69 Å². The van der Waals surface area contributed by atoms with Crippen LogP contribution in [0.1, 0.15) is 62.9 Å². The smallest absolute Gasteiger partial charge is 0.268 e. The van der Waals surface area contributed by atoms with Gasteiger partial charge in [-0.15, -0.1) is 0 Å². The molecule has 1 aliphatic heterocycles. The molecule has 2 N–H and O–H groups in total. The number of anilines is 1. The highest BCUT2D eigenvalue weighted by atomic mass is 16.5. The minimum absolute atomic E-state index is 0.0670. The molecule has 0 bridgehead atoms. The van der Waals surface area contributed by atoms with Gasteiger partial charge in [0.05, 0.1) is 12.0 Å². The van der Waals surface area contributed by atoms with E-state index >= 15 is 0 Å². The maximum absolute atomic E-state index is 13.0. The van der Waals surface area contributed by atoms with E-state index in [2.05, 4.69) is 5.32 Å². The number of aliphatic hydroxyl groups excluding tert-OH is 1. The number of hydrogen-bond acceptors (Lipinski definition) is 5. The second kappa shape index (κ2) is 8.92. The van der Waals surface area contributed by atoms with Gasteiger partial charge in [0.25, 0.3) is 5.91 Å². The van der Waals surface area contributed by atoms with E-state index in [4.69, 9.17) is 9.15 Å². The van der Waals surface area contributed by atoms with Gasteiger partial charge in [0.2, 0.25) is 5.91 Å². The largest absolute Gasteiger partial charge is 0.478 e. The predicted octanol–water partition coefficient (Wildman–Crippen LogP) is 3.31. The van der Waals surface area contributed by atoms with Crippen molar-refractivity contribution in [2.75, 3.05) is 11.4 Å². The van der Waals surface area contributed by atoms with Crippen LogP contribution in [0, 0.1) is 0 Å².